The van der Waals surface area contributed by atoms with Crippen LogP contribution in [0.4, 0.5) is 5.69 Å². The van der Waals surface area contributed by atoms with Gasteiger partial charge in [0.05, 0.1) is 11.4 Å². The number of thioether (sulfide) groups is 2. The lowest BCUT2D eigenvalue weighted by molar-refractivity contribution is -0.129. The fourth-order valence-corrected chi connectivity index (χ4v) is 5.29. The van der Waals surface area contributed by atoms with Gasteiger partial charge >= 0.3 is 0 Å². The zero-order valence-electron chi connectivity index (χ0n) is 13.2. The number of nitrogens with zero attached hydrogens (tertiary/aromatic N) is 2. The summed E-state index contributed by atoms with van der Waals surface area (Å²) in [6.45, 7) is 0.746. The van der Waals surface area contributed by atoms with E-state index < -0.39 is 0 Å². The Balaban J connectivity index is 1.38. The molecule has 24 heavy (non-hydrogen) atoms. The maximum atomic E-state index is 12.7. The first-order chi connectivity index (χ1) is 11.8. The van der Waals surface area contributed by atoms with E-state index in [1.54, 1.807) is 34.9 Å². The summed E-state index contributed by atoms with van der Waals surface area (Å²) in [5.41, 5.74) is 3.56. The molecule has 1 saturated carbocycles. The Kier molecular flexibility index (Phi) is 4.96. The van der Waals surface area contributed by atoms with Crippen LogP contribution in [0.2, 0.25) is 0 Å². The molecule has 0 spiro atoms. The SMILES string of the molecule is O=C(CSC1=Nc2ccccc2CS1)N(Cc1ccsc1)C1CC1. The average molecular weight is 375 g/mol. The number of carbonyl (C=O) groups excluding carboxylic acids is 1. The Morgan fingerprint density at radius 2 is 2.17 bits per heavy atom. The molecule has 1 amide bonds. The molecular formula is C18H18N2OS3. The van der Waals surface area contributed by atoms with E-state index in [0.29, 0.717) is 11.8 Å². The Bertz CT molecular complexity index is 753. The van der Waals surface area contributed by atoms with Gasteiger partial charge in [-0.15, -0.1) is 0 Å². The minimum Gasteiger partial charge on any atom is -0.335 e. The fourth-order valence-electron chi connectivity index (χ4n) is 2.68. The lowest BCUT2D eigenvalue weighted by Gasteiger charge is -2.22. The Morgan fingerprint density at radius 1 is 1.29 bits per heavy atom. The van der Waals surface area contributed by atoms with Crippen LogP contribution in [0.5, 0.6) is 0 Å². The van der Waals surface area contributed by atoms with Crippen LogP contribution in [0.25, 0.3) is 0 Å². The summed E-state index contributed by atoms with van der Waals surface area (Å²) < 4.78 is 1.01. The van der Waals surface area contributed by atoms with Crippen LogP contribution in [0.3, 0.4) is 0 Å². The minimum atomic E-state index is 0.232. The standard InChI is InChI=1S/C18H18N2OS3/c21-17(20(15-5-6-15)9-13-7-8-22-10-13)12-24-18-19-16-4-2-1-3-14(16)11-23-18/h1-4,7-8,10,15H,5-6,9,11-12H2. The molecule has 0 radical (unpaired) electrons. The Hall–Kier alpha value is -1.24. The summed E-state index contributed by atoms with van der Waals surface area (Å²) in [5, 5.41) is 4.21. The minimum absolute atomic E-state index is 0.232. The fraction of sp³-hybridized carbons (Fsp3) is 0.333. The van der Waals surface area contributed by atoms with E-state index in [9.17, 15) is 4.79 Å². The second kappa shape index (κ2) is 7.33. The lowest BCUT2D eigenvalue weighted by atomic mass is 10.2. The molecule has 0 N–H and O–H groups in total. The smallest absolute Gasteiger partial charge is 0.233 e. The normalized spacial score (nSPS) is 16.4. The molecule has 2 aliphatic rings. The lowest BCUT2D eigenvalue weighted by Crippen LogP contribution is -2.34. The van der Waals surface area contributed by atoms with Crippen LogP contribution in [0, 0.1) is 0 Å². The van der Waals surface area contributed by atoms with Crippen LogP contribution >= 0.6 is 34.9 Å². The number of hydrogen-bond acceptors (Lipinski definition) is 5. The van der Waals surface area contributed by atoms with E-state index in [2.05, 4.69) is 38.9 Å². The summed E-state index contributed by atoms with van der Waals surface area (Å²) in [4.78, 5) is 19.4. The maximum Gasteiger partial charge on any atom is 0.233 e. The third-order valence-corrected chi connectivity index (χ3v) is 7.08. The molecule has 1 fully saturated rings. The van der Waals surface area contributed by atoms with Crippen molar-refractivity contribution in [2.24, 2.45) is 4.99 Å². The topological polar surface area (TPSA) is 32.7 Å². The molecule has 2 aromatic rings. The Labute approximate surface area is 154 Å². The monoisotopic (exact) mass is 374 g/mol. The van der Waals surface area contributed by atoms with Crippen molar-refractivity contribution in [1.82, 2.24) is 4.90 Å². The van der Waals surface area contributed by atoms with Gasteiger partial charge in [-0.1, -0.05) is 41.7 Å². The van der Waals surface area contributed by atoms with Crippen LogP contribution in [0.15, 0.2) is 46.1 Å². The second-order valence-electron chi connectivity index (χ2n) is 5.97. The molecule has 0 atom stereocenters. The van der Waals surface area contributed by atoms with Gasteiger partial charge in [0.15, 0.2) is 0 Å². The zero-order chi connectivity index (χ0) is 16.4. The molecule has 6 heteroatoms. The van der Waals surface area contributed by atoms with Crippen molar-refractivity contribution in [2.75, 3.05) is 5.75 Å². The van der Waals surface area contributed by atoms with Gasteiger partial charge in [0.25, 0.3) is 0 Å². The summed E-state index contributed by atoms with van der Waals surface area (Å²) in [7, 11) is 0. The average Bonchev–Trinajstić information content (AvgIpc) is 3.33. The first-order valence-electron chi connectivity index (χ1n) is 8.02. The molecule has 4 rings (SSSR count). The number of hydrogen-bond donors (Lipinski definition) is 0. The summed E-state index contributed by atoms with van der Waals surface area (Å²) in [5.74, 6) is 1.65. The number of carbonyl (C=O) groups is 1. The van der Waals surface area contributed by atoms with Crippen molar-refractivity contribution < 1.29 is 4.79 Å². The Morgan fingerprint density at radius 3 is 2.96 bits per heavy atom. The van der Waals surface area contributed by atoms with E-state index in [-0.39, 0.29) is 5.91 Å². The molecular weight excluding hydrogens is 356 g/mol. The molecule has 0 saturated heterocycles. The van der Waals surface area contributed by atoms with Gasteiger partial charge in [0.2, 0.25) is 5.91 Å². The first-order valence-corrected chi connectivity index (χ1v) is 10.9. The van der Waals surface area contributed by atoms with Gasteiger partial charge in [-0.25, -0.2) is 4.99 Å². The van der Waals surface area contributed by atoms with Crippen molar-refractivity contribution in [3.05, 3.63) is 52.2 Å². The van der Waals surface area contributed by atoms with Crippen LogP contribution < -0.4 is 0 Å². The van der Waals surface area contributed by atoms with Gasteiger partial charge < -0.3 is 4.90 Å². The molecule has 124 valence electrons. The molecule has 1 aliphatic carbocycles. The molecule has 1 aromatic carbocycles. The van der Waals surface area contributed by atoms with Gasteiger partial charge in [0, 0.05) is 18.3 Å². The van der Waals surface area contributed by atoms with Crippen LogP contribution in [-0.2, 0) is 17.1 Å². The van der Waals surface area contributed by atoms with E-state index >= 15 is 0 Å². The van der Waals surface area contributed by atoms with Gasteiger partial charge in [-0.05, 0) is 46.9 Å². The zero-order valence-corrected chi connectivity index (χ0v) is 15.6. The third-order valence-electron chi connectivity index (χ3n) is 4.11. The van der Waals surface area contributed by atoms with E-state index in [1.165, 1.54) is 11.1 Å². The summed E-state index contributed by atoms with van der Waals surface area (Å²) in [6, 6.07) is 10.8. The molecule has 0 bridgehead atoms. The number of fused-ring (bicyclic) bond motifs is 1. The van der Waals surface area contributed by atoms with Gasteiger partial charge in [-0.3, -0.25) is 4.79 Å². The van der Waals surface area contributed by atoms with Gasteiger partial charge in [-0.2, -0.15) is 11.3 Å². The summed E-state index contributed by atoms with van der Waals surface area (Å²) in [6.07, 6.45) is 2.28. The van der Waals surface area contributed by atoms with Crippen molar-refractivity contribution in [1.29, 1.82) is 0 Å². The van der Waals surface area contributed by atoms with Crippen molar-refractivity contribution >= 4 is 50.8 Å². The first kappa shape index (κ1) is 16.2. The second-order valence-corrected chi connectivity index (χ2v) is 8.93. The molecule has 3 nitrogen and oxygen atoms in total. The third kappa shape index (κ3) is 3.87. The number of para-hydroxylation sites is 1. The van der Waals surface area contributed by atoms with E-state index in [0.717, 1.165) is 35.2 Å². The number of amides is 1. The highest BCUT2D eigenvalue weighted by Gasteiger charge is 2.32. The number of thiophene rings is 1. The number of aliphatic imine (C=N–C) groups is 1. The van der Waals surface area contributed by atoms with Crippen molar-refractivity contribution in [3.8, 4) is 0 Å². The van der Waals surface area contributed by atoms with E-state index in [4.69, 9.17) is 0 Å². The van der Waals surface area contributed by atoms with Crippen LogP contribution in [-0.4, -0.2) is 27.0 Å². The summed E-state index contributed by atoms with van der Waals surface area (Å²) >= 11 is 5.00. The van der Waals surface area contributed by atoms with Crippen molar-refractivity contribution in [3.63, 3.8) is 0 Å². The molecule has 0 unspecified atom stereocenters. The molecule has 1 aromatic heterocycles. The number of benzene rings is 1. The highest BCUT2D eigenvalue weighted by atomic mass is 32.2. The highest BCUT2D eigenvalue weighted by molar-refractivity contribution is 8.38. The van der Waals surface area contributed by atoms with E-state index in [1.807, 2.05) is 12.1 Å². The molecule has 1 aliphatic heterocycles. The number of rotatable bonds is 5. The highest BCUT2D eigenvalue weighted by Crippen LogP contribution is 2.35. The predicted octanol–water partition coefficient (Wildman–Crippen LogP) is 4.91. The largest absolute Gasteiger partial charge is 0.335 e. The van der Waals surface area contributed by atoms with Crippen molar-refractivity contribution in [2.45, 2.75) is 31.2 Å². The molecule has 2 heterocycles. The predicted molar refractivity (Wildman–Crippen MR) is 105 cm³/mol. The van der Waals surface area contributed by atoms with Gasteiger partial charge in [0.1, 0.15) is 4.38 Å². The van der Waals surface area contributed by atoms with Crippen LogP contribution in [0.1, 0.15) is 24.0 Å². The maximum absolute atomic E-state index is 12.7. The quantitative estimate of drug-likeness (QED) is 0.746.